The summed E-state index contributed by atoms with van der Waals surface area (Å²) in [5.41, 5.74) is 2.27. The molecule has 1 aromatic carbocycles. The van der Waals surface area contributed by atoms with Gasteiger partial charge in [0.25, 0.3) is 5.91 Å². The number of rotatable bonds is 4. The summed E-state index contributed by atoms with van der Waals surface area (Å²) < 4.78 is 0. The van der Waals surface area contributed by atoms with Gasteiger partial charge in [-0.1, -0.05) is 19.1 Å². The Morgan fingerprint density at radius 1 is 1.30 bits per heavy atom. The molecule has 8 nitrogen and oxygen atoms in total. The van der Waals surface area contributed by atoms with Crippen molar-refractivity contribution in [1.29, 1.82) is 0 Å². The summed E-state index contributed by atoms with van der Waals surface area (Å²) in [6.45, 7) is 3.42. The lowest BCUT2D eigenvalue weighted by molar-refractivity contribution is -0.137. The molecule has 5 amide bonds. The molecule has 2 heterocycles. The number of urea groups is 1. The highest BCUT2D eigenvalue weighted by atomic mass is 16.2. The highest BCUT2D eigenvalue weighted by Gasteiger charge is 2.36. The molecule has 1 unspecified atom stereocenters. The highest BCUT2D eigenvalue weighted by Crippen LogP contribution is 2.30. The number of fused-ring (bicyclic) bond motifs is 1. The minimum atomic E-state index is -0.431. The molecule has 0 radical (unpaired) electrons. The number of benzene rings is 1. The zero-order valence-corrected chi connectivity index (χ0v) is 15.6. The van der Waals surface area contributed by atoms with Crippen LogP contribution in [0.5, 0.6) is 0 Å². The Morgan fingerprint density at radius 2 is 2.07 bits per heavy atom. The van der Waals surface area contributed by atoms with E-state index in [0.717, 1.165) is 22.4 Å². The molecule has 144 valence electrons. The third-order valence-corrected chi connectivity index (χ3v) is 5.02. The second kappa shape index (κ2) is 7.87. The molecule has 2 aliphatic heterocycles. The number of nitrogens with one attached hydrogen (secondary N) is 2. The third kappa shape index (κ3) is 3.85. The van der Waals surface area contributed by atoms with Crippen LogP contribution in [0.25, 0.3) is 0 Å². The Bertz CT molecular complexity index is 792. The van der Waals surface area contributed by atoms with E-state index in [1.54, 1.807) is 12.1 Å². The van der Waals surface area contributed by atoms with E-state index >= 15 is 0 Å². The molecule has 0 aliphatic carbocycles. The van der Waals surface area contributed by atoms with Crippen molar-refractivity contribution >= 4 is 23.8 Å². The van der Waals surface area contributed by atoms with Gasteiger partial charge in [-0.25, -0.2) is 4.79 Å². The average Bonchev–Trinajstić information content (AvgIpc) is 3.08. The number of imide groups is 2. The van der Waals surface area contributed by atoms with Gasteiger partial charge in [0.15, 0.2) is 0 Å². The van der Waals surface area contributed by atoms with Crippen LogP contribution in [0.1, 0.15) is 47.7 Å². The van der Waals surface area contributed by atoms with Crippen LogP contribution in [-0.4, -0.2) is 53.2 Å². The van der Waals surface area contributed by atoms with Gasteiger partial charge in [-0.3, -0.25) is 29.5 Å². The lowest BCUT2D eigenvalue weighted by atomic mass is 10.0. The summed E-state index contributed by atoms with van der Waals surface area (Å²) in [7, 11) is 1.46. The summed E-state index contributed by atoms with van der Waals surface area (Å²) in [6.07, 6.45) is 1.58. The quantitative estimate of drug-likeness (QED) is 0.769. The first kappa shape index (κ1) is 19.0. The monoisotopic (exact) mass is 372 g/mol. The Morgan fingerprint density at radius 3 is 2.78 bits per heavy atom. The second-order valence-corrected chi connectivity index (χ2v) is 6.91. The molecule has 3 rings (SSSR count). The summed E-state index contributed by atoms with van der Waals surface area (Å²) in [4.78, 5) is 51.5. The van der Waals surface area contributed by atoms with Crippen LogP contribution in [0.2, 0.25) is 0 Å². The lowest BCUT2D eigenvalue weighted by Crippen LogP contribution is -2.50. The summed E-state index contributed by atoms with van der Waals surface area (Å²) in [6, 6.07) is 4.61. The SMILES string of the molecule is CCCNC(=O)N(C)C(=O)c1cccc2c1CN(C1CCC(=O)NC1=O)C2. The van der Waals surface area contributed by atoms with E-state index in [4.69, 9.17) is 0 Å². The van der Waals surface area contributed by atoms with Crippen molar-refractivity contribution in [2.24, 2.45) is 0 Å². The Labute approximate surface area is 157 Å². The number of hydrogen-bond donors (Lipinski definition) is 2. The first-order chi connectivity index (χ1) is 12.9. The lowest BCUT2D eigenvalue weighted by Gasteiger charge is -2.29. The van der Waals surface area contributed by atoms with Gasteiger partial charge in [0.05, 0.1) is 6.04 Å². The minimum absolute atomic E-state index is 0.247. The van der Waals surface area contributed by atoms with Crippen LogP contribution in [-0.2, 0) is 22.7 Å². The zero-order valence-electron chi connectivity index (χ0n) is 15.6. The van der Waals surface area contributed by atoms with Crippen LogP contribution in [0, 0.1) is 0 Å². The smallest absolute Gasteiger partial charge is 0.324 e. The minimum Gasteiger partial charge on any atom is -0.338 e. The first-order valence-corrected chi connectivity index (χ1v) is 9.16. The van der Waals surface area contributed by atoms with Crippen molar-refractivity contribution in [3.8, 4) is 0 Å². The van der Waals surface area contributed by atoms with Crippen molar-refractivity contribution < 1.29 is 19.2 Å². The molecule has 8 heteroatoms. The number of hydrogen-bond acceptors (Lipinski definition) is 5. The predicted octanol–water partition coefficient (Wildman–Crippen LogP) is 0.999. The van der Waals surface area contributed by atoms with E-state index in [1.807, 2.05) is 17.9 Å². The number of carbonyl (C=O) groups is 4. The van der Waals surface area contributed by atoms with E-state index in [0.29, 0.717) is 38.0 Å². The number of amides is 5. The standard InChI is InChI=1S/C19H24N4O4/c1-3-9-20-19(27)22(2)18(26)13-6-4-5-12-10-23(11-14(12)13)15-7-8-16(24)21-17(15)25/h4-6,15H,3,7-11H2,1-2H3,(H,20,27)(H,21,24,25). The molecular weight excluding hydrogens is 348 g/mol. The summed E-state index contributed by atoms with van der Waals surface area (Å²) >= 11 is 0. The third-order valence-electron chi connectivity index (χ3n) is 5.02. The van der Waals surface area contributed by atoms with E-state index in [-0.39, 0.29) is 23.8 Å². The maximum Gasteiger partial charge on any atom is 0.324 e. The maximum atomic E-state index is 12.8. The van der Waals surface area contributed by atoms with Gasteiger partial charge >= 0.3 is 6.03 Å². The molecule has 2 aliphatic rings. The van der Waals surface area contributed by atoms with Gasteiger partial charge in [-0.2, -0.15) is 0 Å². The highest BCUT2D eigenvalue weighted by molar-refractivity contribution is 6.05. The van der Waals surface area contributed by atoms with Gasteiger partial charge < -0.3 is 5.32 Å². The van der Waals surface area contributed by atoms with E-state index in [2.05, 4.69) is 10.6 Å². The largest absolute Gasteiger partial charge is 0.338 e. The van der Waals surface area contributed by atoms with Crippen LogP contribution in [0.4, 0.5) is 4.79 Å². The fraction of sp³-hybridized carbons (Fsp3) is 0.474. The zero-order chi connectivity index (χ0) is 19.6. The van der Waals surface area contributed by atoms with E-state index in [1.165, 1.54) is 7.05 Å². The molecule has 1 atom stereocenters. The fourth-order valence-electron chi connectivity index (χ4n) is 3.52. The number of piperidine rings is 1. The molecule has 1 aromatic rings. The van der Waals surface area contributed by atoms with Gasteiger partial charge in [0.2, 0.25) is 11.8 Å². The van der Waals surface area contributed by atoms with Crippen molar-refractivity contribution in [1.82, 2.24) is 20.4 Å². The normalized spacial score (nSPS) is 19.4. The number of carbonyl (C=O) groups excluding carboxylic acids is 4. The van der Waals surface area contributed by atoms with Gasteiger partial charge in [0.1, 0.15) is 0 Å². The molecule has 2 N–H and O–H groups in total. The van der Waals surface area contributed by atoms with E-state index < -0.39 is 6.03 Å². The summed E-state index contributed by atoms with van der Waals surface area (Å²) in [5, 5.41) is 5.07. The predicted molar refractivity (Wildman–Crippen MR) is 97.6 cm³/mol. The average molecular weight is 372 g/mol. The molecule has 1 saturated heterocycles. The Kier molecular flexibility index (Phi) is 5.55. The van der Waals surface area contributed by atoms with E-state index in [9.17, 15) is 19.2 Å². The number of nitrogens with zero attached hydrogens (tertiary/aromatic N) is 2. The van der Waals surface area contributed by atoms with Gasteiger partial charge in [-0.05, 0) is 30.0 Å². The van der Waals surface area contributed by atoms with Gasteiger partial charge in [-0.15, -0.1) is 0 Å². The summed E-state index contributed by atoms with van der Waals surface area (Å²) in [5.74, 6) is -0.905. The first-order valence-electron chi connectivity index (χ1n) is 9.16. The van der Waals surface area contributed by atoms with Gasteiger partial charge in [0, 0.05) is 38.7 Å². The van der Waals surface area contributed by atoms with Crippen molar-refractivity contribution in [3.63, 3.8) is 0 Å². The van der Waals surface area contributed by atoms with Crippen LogP contribution in [0.3, 0.4) is 0 Å². The maximum absolute atomic E-state index is 12.8. The molecule has 0 bridgehead atoms. The van der Waals surface area contributed by atoms with Crippen LogP contribution in [0.15, 0.2) is 18.2 Å². The van der Waals surface area contributed by atoms with Crippen LogP contribution < -0.4 is 10.6 Å². The molecule has 0 spiro atoms. The van der Waals surface area contributed by atoms with Crippen molar-refractivity contribution in [2.45, 2.75) is 45.3 Å². The Hall–Kier alpha value is -2.74. The van der Waals surface area contributed by atoms with Crippen LogP contribution >= 0.6 is 0 Å². The molecular formula is C19H24N4O4. The molecule has 1 fully saturated rings. The van der Waals surface area contributed by atoms with Crippen molar-refractivity contribution in [3.05, 3.63) is 34.9 Å². The second-order valence-electron chi connectivity index (χ2n) is 6.91. The molecule has 27 heavy (non-hydrogen) atoms. The van der Waals surface area contributed by atoms with Crippen molar-refractivity contribution in [2.75, 3.05) is 13.6 Å². The Balaban J connectivity index is 1.76. The topological polar surface area (TPSA) is 98.8 Å². The fourth-order valence-corrected chi connectivity index (χ4v) is 3.52. The molecule has 0 saturated carbocycles. The molecule has 0 aromatic heterocycles.